The van der Waals surface area contributed by atoms with Gasteiger partial charge in [0.25, 0.3) is 11.7 Å². The molecule has 1 heterocycles. The maximum Gasteiger partial charge on any atom is 0.455 e. The molecule has 14 heteroatoms. The fourth-order valence-corrected chi connectivity index (χ4v) is 4.60. The lowest BCUT2D eigenvalue weighted by molar-refractivity contribution is -0.146. The van der Waals surface area contributed by atoms with Crippen LogP contribution in [0.4, 0.5) is 30.7 Å². The monoisotopic (exact) mass is 649 g/mol. The molecule has 0 bridgehead atoms. The van der Waals surface area contributed by atoms with Crippen LogP contribution in [0, 0.1) is 5.82 Å². The molecule has 6 nitrogen and oxygen atoms in total. The van der Waals surface area contributed by atoms with E-state index in [9.17, 15) is 40.6 Å². The number of nitrogens with one attached hydrogen (secondary N) is 1. The first kappa shape index (κ1) is 31.5. The lowest BCUT2D eigenvalue weighted by atomic mass is 9.99. The number of amides is 1. The summed E-state index contributed by atoms with van der Waals surface area (Å²) in [6.07, 6.45) is -9.61. The lowest BCUT2D eigenvalue weighted by Crippen LogP contribution is -2.30. The molecule has 1 amide bonds. The smallest absolute Gasteiger partial charge is 0.455 e. The first-order valence-corrected chi connectivity index (χ1v) is 13.3. The third-order valence-corrected chi connectivity index (χ3v) is 7.02. The van der Waals surface area contributed by atoms with Gasteiger partial charge in [-0.2, -0.15) is 31.3 Å². The molecule has 45 heavy (non-hydrogen) atoms. The fourth-order valence-electron chi connectivity index (χ4n) is 4.42. The number of rotatable bonds is 7. The molecule has 0 saturated carbocycles. The molecular weight excluding hydrogens is 631 g/mol. The van der Waals surface area contributed by atoms with Gasteiger partial charge in [-0.3, -0.25) is 4.79 Å². The number of carbonyl (C=O) groups is 1. The first-order chi connectivity index (χ1) is 21.2. The van der Waals surface area contributed by atoms with E-state index in [0.29, 0.717) is 22.3 Å². The standard InChI is InChI=1S/C31H19ClF7N3O3/c32-23-15-20(7-11-24(23)33)17-3-1-16(2-4-17)13-25(28-41-29(42-45-28)31(37,38)39)40-27(44)22-14-19(8-12-26(22)43)18-5-9-21(10-6-18)30(34,35)36/h1-12,14-15,25,43H,13H2,(H,40,44). The molecule has 0 spiro atoms. The number of aromatic nitrogens is 2. The number of benzene rings is 4. The molecule has 0 aliphatic carbocycles. The van der Waals surface area contributed by atoms with Crippen molar-refractivity contribution in [2.24, 2.45) is 0 Å². The van der Waals surface area contributed by atoms with Crippen molar-refractivity contribution in [2.45, 2.75) is 24.8 Å². The van der Waals surface area contributed by atoms with E-state index in [0.717, 1.165) is 18.2 Å². The van der Waals surface area contributed by atoms with E-state index in [1.54, 1.807) is 24.3 Å². The van der Waals surface area contributed by atoms with Crippen LogP contribution in [-0.2, 0) is 18.8 Å². The Hall–Kier alpha value is -4.91. The molecular formula is C31H19ClF7N3O3. The highest BCUT2D eigenvalue weighted by Gasteiger charge is 2.38. The fraction of sp³-hybridized carbons (Fsp3) is 0.129. The van der Waals surface area contributed by atoms with Gasteiger partial charge in [0, 0.05) is 6.42 Å². The van der Waals surface area contributed by atoms with E-state index in [4.69, 9.17) is 16.1 Å². The van der Waals surface area contributed by atoms with Crippen molar-refractivity contribution in [3.63, 3.8) is 0 Å². The van der Waals surface area contributed by atoms with Crippen LogP contribution in [0.25, 0.3) is 22.3 Å². The number of aromatic hydroxyl groups is 1. The van der Waals surface area contributed by atoms with Gasteiger partial charge in [0.05, 0.1) is 16.1 Å². The van der Waals surface area contributed by atoms with Crippen LogP contribution in [0.5, 0.6) is 5.75 Å². The normalized spacial score (nSPS) is 12.6. The Morgan fingerprint density at radius 2 is 1.40 bits per heavy atom. The number of alkyl halides is 6. The Balaban J connectivity index is 1.42. The molecule has 1 atom stereocenters. The number of phenols is 1. The first-order valence-electron chi connectivity index (χ1n) is 13.0. The number of halogens is 8. The van der Waals surface area contributed by atoms with E-state index in [-0.39, 0.29) is 22.6 Å². The Kier molecular flexibility index (Phi) is 8.57. The van der Waals surface area contributed by atoms with Gasteiger partial charge in [-0.25, -0.2) is 4.39 Å². The third kappa shape index (κ3) is 7.26. The molecule has 5 rings (SSSR count). The average molecular weight is 650 g/mol. The maximum atomic E-state index is 13.6. The van der Waals surface area contributed by atoms with Crippen molar-refractivity contribution in [1.29, 1.82) is 0 Å². The van der Waals surface area contributed by atoms with Gasteiger partial charge in [-0.1, -0.05) is 65.3 Å². The van der Waals surface area contributed by atoms with Gasteiger partial charge in [0.1, 0.15) is 17.6 Å². The quantitative estimate of drug-likeness (QED) is 0.172. The Morgan fingerprint density at radius 3 is 1.98 bits per heavy atom. The average Bonchev–Trinajstić information content (AvgIpc) is 3.50. The van der Waals surface area contributed by atoms with Crippen LogP contribution in [0.3, 0.4) is 0 Å². The molecule has 0 fully saturated rings. The summed E-state index contributed by atoms with van der Waals surface area (Å²) in [6, 6.07) is 17.3. The molecule has 0 aliphatic rings. The highest BCUT2D eigenvalue weighted by atomic mass is 35.5. The number of hydrogen-bond donors (Lipinski definition) is 2. The van der Waals surface area contributed by atoms with Gasteiger partial charge < -0.3 is 14.9 Å². The maximum absolute atomic E-state index is 13.6. The molecule has 5 aromatic rings. The molecule has 4 aromatic carbocycles. The van der Waals surface area contributed by atoms with Gasteiger partial charge in [0.2, 0.25) is 5.89 Å². The topological polar surface area (TPSA) is 88.3 Å². The molecule has 1 unspecified atom stereocenters. The number of carbonyl (C=O) groups excluding carboxylic acids is 1. The predicted molar refractivity (Wildman–Crippen MR) is 149 cm³/mol. The minimum absolute atomic E-state index is 0.0816. The zero-order valence-corrected chi connectivity index (χ0v) is 23.3. The van der Waals surface area contributed by atoms with Gasteiger partial charge >= 0.3 is 12.4 Å². The molecule has 0 aliphatic heterocycles. The summed E-state index contributed by atoms with van der Waals surface area (Å²) in [5.74, 6) is -4.15. The van der Waals surface area contributed by atoms with E-state index in [1.807, 2.05) is 0 Å². The molecule has 0 saturated heterocycles. The van der Waals surface area contributed by atoms with Crippen LogP contribution in [0.2, 0.25) is 5.02 Å². The van der Waals surface area contributed by atoms with Gasteiger partial charge in [-0.05, 0) is 64.2 Å². The SMILES string of the molecule is O=C(NC(Cc1ccc(-c2ccc(F)c(Cl)c2)cc1)c1nc(C(F)(F)F)no1)c1cc(-c2ccc(C(F)(F)F)cc2)ccc1O. The number of nitrogens with zero attached hydrogens (tertiary/aromatic N) is 2. The summed E-state index contributed by atoms with van der Waals surface area (Å²) in [6.45, 7) is 0. The van der Waals surface area contributed by atoms with E-state index >= 15 is 0 Å². The summed E-state index contributed by atoms with van der Waals surface area (Å²) in [5.41, 5.74) is 1.19. The zero-order chi connectivity index (χ0) is 32.5. The second-order valence-corrected chi connectivity index (χ2v) is 10.2. The number of phenolic OH excluding ortho intramolecular Hbond substituents is 1. The Morgan fingerprint density at radius 1 is 0.822 bits per heavy atom. The zero-order valence-electron chi connectivity index (χ0n) is 22.5. The summed E-state index contributed by atoms with van der Waals surface area (Å²) < 4.78 is 97.0. The van der Waals surface area contributed by atoms with Crippen molar-refractivity contribution >= 4 is 17.5 Å². The van der Waals surface area contributed by atoms with Crippen molar-refractivity contribution in [3.8, 4) is 28.0 Å². The van der Waals surface area contributed by atoms with E-state index in [1.165, 1.54) is 42.5 Å². The Labute approximate surface area is 255 Å². The summed E-state index contributed by atoms with van der Waals surface area (Å²) in [5, 5.41) is 15.8. The van der Waals surface area contributed by atoms with Crippen LogP contribution < -0.4 is 5.32 Å². The lowest BCUT2D eigenvalue weighted by Gasteiger charge is -2.17. The Bertz CT molecular complexity index is 1840. The van der Waals surface area contributed by atoms with Crippen LogP contribution >= 0.6 is 11.6 Å². The van der Waals surface area contributed by atoms with Crippen molar-refractivity contribution in [1.82, 2.24) is 15.5 Å². The molecule has 2 N–H and O–H groups in total. The highest BCUT2D eigenvalue weighted by Crippen LogP contribution is 2.33. The van der Waals surface area contributed by atoms with Crippen molar-refractivity contribution < 1.29 is 45.2 Å². The van der Waals surface area contributed by atoms with Crippen molar-refractivity contribution in [3.05, 3.63) is 124 Å². The van der Waals surface area contributed by atoms with E-state index in [2.05, 4.69) is 15.5 Å². The highest BCUT2D eigenvalue weighted by molar-refractivity contribution is 6.31. The van der Waals surface area contributed by atoms with Gasteiger partial charge in [0.15, 0.2) is 0 Å². The van der Waals surface area contributed by atoms with Crippen LogP contribution in [0.1, 0.15) is 39.2 Å². The largest absolute Gasteiger partial charge is 0.507 e. The third-order valence-electron chi connectivity index (χ3n) is 6.73. The summed E-state index contributed by atoms with van der Waals surface area (Å²) in [4.78, 5) is 16.7. The minimum atomic E-state index is -4.93. The molecule has 232 valence electrons. The van der Waals surface area contributed by atoms with Crippen LogP contribution in [0.15, 0.2) is 89.5 Å². The molecule has 0 radical (unpaired) electrons. The van der Waals surface area contributed by atoms with Crippen molar-refractivity contribution in [2.75, 3.05) is 0 Å². The van der Waals surface area contributed by atoms with Crippen LogP contribution in [-0.4, -0.2) is 21.2 Å². The summed E-state index contributed by atoms with van der Waals surface area (Å²) in [7, 11) is 0. The second-order valence-electron chi connectivity index (χ2n) is 9.82. The predicted octanol–water partition coefficient (Wildman–Crippen LogP) is 8.65. The molecule has 1 aromatic heterocycles. The number of hydrogen-bond acceptors (Lipinski definition) is 5. The van der Waals surface area contributed by atoms with E-state index < -0.39 is 53.1 Å². The minimum Gasteiger partial charge on any atom is -0.507 e. The van der Waals surface area contributed by atoms with Gasteiger partial charge in [-0.15, -0.1) is 0 Å². The second kappa shape index (κ2) is 12.2. The summed E-state index contributed by atoms with van der Waals surface area (Å²) >= 11 is 5.87.